The minimum atomic E-state index is -0.678. The number of hydrogen-bond acceptors (Lipinski definition) is 9. The second-order valence-corrected chi connectivity index (χ2v) is 6.19. The van der Waals surface area contributed by atoms with Crippen molar-refractivity contribution in [2.24, 2.45) is 0 Å². The predicted molar refractivity (Wildman–Crippen MR) is 102 cm³/mol. The minimum absolute atomic E-state index is 0.0462. The van der Waals surface area contributed by atoms with Crippen LogP contribution >= 0.6 is 0 Å². The molecule has 0 aromatic carbocycles. The van der Waals surface area contributed by atoms with Crippen molar-refractivity contribution >= 4 is 17.6 Å². The van der Waals surface area contributed by atoms with E-state index in [9.17, 15) is 9.50 Å². The molecule has 5 N–H and O–H groups in total. The molecule has 1 saturated heterocycles. The number of morpholine rings is 1. The van der Waals surface area contributed by atoms with Crippen molar-refractivity contribution in [3.8, 4) is 28.4 Å². The lowest BCUT2D eigenvalue weighted by Crippen LogP contribution is -2.36. The Bertz CT molecular complexity index is 1020. The van der Waals surface area contributed by atoms with Gasteiger partial charge in [-0.15, -0.1) is 0 Å². The molecule has 0 atom stereocenters. The van der Waals surface area contributed by atoms with Gasteiger partial charge in [-0.25, -0.2) is 19.3 Å². The first kappa shape index (κ1) is 17.9. The Kier molecular flexibility index (Phi) is 4.62. The van der Waals surface area contributed by atoms with Gasteiger partial charge in [0.1, 0.15) is 23.0 Å². The second kappa shape index (κ2) is 7.24. The highest BCUT2D eigenvalue weighted by molar-refractivity contribution is 5.72. The number of aromatic hydroxyl groups is 1. The third-order valence-electron chi connectivity index (χ3n) is 4.37. The number of anilines is 3. The molecule has 0 unspecified atom stereocenters. The fourth-order valence-corrected chi connectivity index (χ4v) is 2.98. The Morgan fingerprint density at radius 2 is 1.82 bits per heavy atom. The lowest BCUT2D eigenvalue weighted by atomic mass is 10.1. The van der Waals surface area contributed by atoms with Crippen molar-refractivity contribution in [1.29, 1.82) is 0 Å². The fourth-order valence-electron chi connectivity index (χ4n) is 2.98. The molecule has 4 rings (SSSR count). The molecular weight excluding hydrogens is 365 g/mol. The van der Waals surface area contributed by atoms with Crippen LogP contribution in [0.5, 0.6) is 5.75 Å². The van der Waals surface area contributed by atoms with Gasteiger partial charge >= 0.3 is 0 Å². The molecule has 0 saturated carbocycles. The van der Waals surface area contributed by atoms with Crippen LogP contribution in [0.15, 0.2) is 30.5 Å². The van der Waals surface area contributed by atoms with Crippen molar-refractivity contribution in [2.75, 3.05) is 42.7 Å². The summed E-state index contributed by atoms with van der Waals surface area (Å²) in [7, 11) is 0. The number of nitrogens with two attached hydrogens (primary N) is 2. The third kappa shape index (κ3) is 3.37. The summed E-state index contributed by atoms with van der Waals surface area (Å²) in [5, 5.41) is 10.3. The molecule has 0 radical (unpaired) electrons. The largest absolute Gasteiger partial charge is 0.506 e. The van der Waals surface area contributed by atoms with Gasteiger partial charge in [-0.2, -0.15) is 4.98 Å². The average Bonchev–Trinajstić information content (AvgIpc) is 2.71. The average molecular weight is 383 g/mol. The second-order valence-electron chi connectivity index (χ2n) is 6.19. The normalized spacial score (nSPS) is 14.2. The van der Waals surface area contributed by atoms with Gasteiger partial charge in [0.2, 0.25) is 5.95 Å². The highest BCUT2D eigenvalue weighted by Gasteiger charge is 2.18. The lowest BCUT2D eigenvalue weighted by Gasteiger charge is -2.28. The monoisotopic (exact) mass is 383 g/mol. The van der Waals surface area contributed by atoms with Crippen LogP contribution in [-0.4, -0.2) is 51.3 Å². The van der Waals surface area contributed by atoms with E-state index in [1.54, 1.807) is 6.07 Å². The van der Waals surface area contributed by atoms with Crippen LogP contribution in [0.3, 0.4) is 0 Å². The standard InChI is InChI=1S/C18H18FN7O2/c19-15-10(3-4-22-17(15)20)11-1-2-13(27)16(23-11)12-9-14(25-18(21)24-12)26-5-7-28-8-6-26/h1-4,9,27H,5-8H2,(H2,20,22)(H2,21,24,25). The molecule has 0 bridgehead atoms. The van der Waals surface area contributed by atoms with Crippen LogP contribution in [0.25, 0.3) is 22.6 Å². The number of nitrogens with zero attached hydrogens (tertiary/aromatic N) is 5. The van der Waals surface area contributed by atoms with Crippen LogP contribution in [-0.2, 0) is 4.74 Å². The summed E-state index contributed by atoms with van der Waals surface area (Å²) >= 11 is 0. The number of halogens is 1. The number of rotatable bonds is 3. The van der Waals surface area contributed by atoms with E-state index in [1.807, 2.05) is 4.90 Å². The van der Waals surface area contributed by atoms with E-state index in [-0.39, 0.29) is 34.5 Å². The zero-order valence-corrected chi connectivity index (χ0v) is 14.8. The highest BCUT2D eigenvalue weighted by atomic mass is 19.1. The van der Waals surface area contributed by atoms with Crippen molar-refractivity contribution in [1.82, 2.24) is 19.9 Å². The molecule has 9 nitrogen and oxygen atoms in total. The van der Waals surface area contributed by atoms with E-state index in [0.29, 0.717) is 37.8 Å². The summed E-state index contributed by atoms with van der Waals surface area (Å²) in [6.07, 6.45) is 1.39. The van der Waals surface area contributed by atoms with Gasteiger partial charge in [-0.1, -0.05) is 0 Å². The summed E-state index contributed by atoms with van der Waals surface area (Å²) < 4.78 is 19.7. The zero-order valence-electron chi connectivity index (χ0n) is 14.8. The Morgan fingerprint density at radius 1 is 1.04 bits per heavy atom. The summed E-state index contributed by atoms with van der Waals surface area (Å²) in [6.45, 7) is 2.50. The molecule has 0 aliphatic carbocycles. The van der Waals surface area contributed by atoms with Crippen LogP contribution in [0.1, 0.15) is 0 Å². The first-order chi connectivity index (χ1) is 13.5. The van der Waals surface area contributed by atoms with Crippen LogP contribution in [0.2, 0.25) is 0 Å². The third-order valence-corrected chi connectivity index (χ3v) is 4.37. The fraction of sp³-hybridized carbons (Fsp3) is 0.222. The smallest absolute Gasteiger partial charge is 0.222 e. The molecule has 4 heterocycles. The van der Waals surface area contributed by atoms with E-state index >= 15 is 0 Å². The number of nitrogen functional groups attached to an aromatic ring is 2. The molecule has 1 fully saturated rings. The SMILES string of the molecule is Nc1nc(-c2nc(-c3ccnc(N)c3F)ccc2O)cc(N2CCOCC2)n1. The Labute approximate surface area is 159 Å². The maximum absolute atomic E-state index is 14.3. The van der Waals surface area contributed by atoms with Crippen molar-refractivity contribution in [3.63, 3.8) is 0 Å². The topological polar surface area (TPSA) is 136 Å². The van der Waals surface area contributed by atoms with Crippen LogP contribution < -0.4 is 16.4 Å². The number of aromatic nitrogens is 4. The molecule has 144 valence electrons. The summed E-state index contributed by atoms with van der Waals surface area (Å²) in [4.78, 5) is 18.6. The zero-order chi connectivity index (χ0) is 19.7. The van der Waals surface area contributed by atoms with Gasteiger partial charge in [0, 0.05) is 30.9 Å². The first-order valence-electron chi connectivity index (χ1n) is 8.61. The molecule has 10 heteroatoms. The quantitative estimate of drug-likeness (QED) is 0.613. The summed E-state index contributed by atoms with van der Waals surface area (Å²) in [5.41, 5.74) is 12.4. The van der Waals surface area contributed by atoms with E-state index in [1.165, 1.54) is 24.4 Å². The van der Waals surface area contributed by atoms with Gasteiger partial charge in [0.25, 0.3) is 0 Å². The number of hydrogen-bond donors (Lipinski definition) is 3. The van der Waals surface area contributed by atoms with Gasteiger partial charge < -0.3 is 26.2 Å². The van der Waals surface area contributed by atoms with Crippen molar-refractivity contribution in [2.45, 2.75) is 0 Å². The molecule has 0 spiro atoms. The van der Waals surface area contributed by atoms with E-state index in [2.05, 4.69) is 19.9 Å². The highest BCUT2D eigenvalue weighted by Crippen LogP contribution is 2.32. The van der Waals surface area contributed by atoms with E-state index < -0.39 is 5.82 Å². The summed E-state index contributed by atoms with van der Waals surface area (Å²) in [6, 6.07) is 6.05. The van der Waals surface area contributed by atoms with Crippen molar-refractivity contribution in [3.05, 3.63) is 36.3 Å². The van der Waals surface area contributed by atoms with Gasteiger partial charge in [-0.05, 0) is 18.2 Å². The molecule has 0 amide bonds. The molecule has 3 aromatic heterocycles. The van der Waals surface area contributed by atoms with Crippen LogP contribution in [0, 0.1) is 5.82 Å². The lowest BCUT2D eigenvalue weighted by molar-refractivity contribution is 0.122. The Balaban J connectivity index is 1.79. The van der Waals surface area contributed by atoms with Gasteiger partial charge in [0.15, 0.2) is 11.6 Å². The van der Waals surface area contributed by atoms with E-state index in [0.717, 1.165) is 0 Å². The molecule has 3 aromatic rings. The van der Waals surface area contributed by atoms with Gasteiger partial charge in [-0.3, -0.25) is 0 Å². The maximum Gasteiger partial charge on any atom is 0.222 e. The van der Waals surface area contributed by atoms with E-state index in [4.69, 9.17) is 16.2 Å². The van der Waals surface area contributed by atoms with Crippen LogP contribution in [0.4, 0.5) is 22.0 Å². The molecule has 1 aliphatic rings. The summed E-state index contributed by atoms with van der Waals surface area (Å²) in [5.74, 6) is -0.364. The number of pyridine rings is 2. The van der Waals surface area contributed by atoms with Crippen molar-refractivity contribution < 1.29 is 14.2 Å². The predicted octanol–water partition coefficient (Wildman–Crippen LogP) is 1.45. The first-order valence-corrected chi connectivity index (χ1v) is 8.61. The molecule has 1 aliphatic heterocycles. The Hall–Kier alpha value is -3.53. The molecular formula is C18H18FN7O2. The Morgan fingerprint density at radius 3 is 2.61 bits per heavy atom. The number of ether oxygens (including phenoxy) is 1. The minimum Gasteiger partial charge on any atom is -0.506 e. The maximum atomic E-state index is 14.3. The van der Waals surface area contributed by atoms with Gasteiger partial charge in [0.05, 0.1) is 18.9 Å². The molecule has 28 heavy (non-hydrogen) atoms.